The molecule has 0 aromatic heterocycles. The van der Waals surface area contributed by atoms with Crippen LogP contribution in [-0.2, 0) is 19.4 Å². The van der Waals surface area contributed by atoms with Gasteiger partial charge in [-0.25, -0.2) is 4.39 Å². The van der Waals surface area contributed by atoms with Gasteiger partial charge in [-0.15, -0.1) is 0 Å². The molecule has 0 spiro atoms. The normalized spacial score (nSPS) is 13.7. The zero-order chi connectivity index (χ0) is 20.8. The van der Waals surface area contributed by atoms with Gasteiger partial charge in [0.05, 0.1) is 16.3 Å². The van der Waals surface area contributed by atoms with Gasteiger partial charge in [0.1, 0.15) is 5.82 Å². The number of amides is 1. The Labute approximate surface area is 177 Å². The van der Waals surface area contributed by atoms with E-state index in [-0.39, 0.29) is 17.5 Å². The highest BCUT2D eigenvalue weighted by Gasteiger charge is 2.17. The molecule has 0 bridgehead atoms. The van der Waals surface area contributed by atoms with Crippen LogP contribution in [-0.4, -0.2) is 25.0 Å². The zero-order valence-corrected chi connectivity index (χ0v) is 17.8. The van der Waals surface area contributed by atoms with Gasteiger partial charge < -0.3 is 16.0 Å². The number of hydrogen-bond acceptors (Lipinski definition) is 3. The molecule has 4 nitrogen and oxygen atoms in total. The Morgan fingerprint density at radius 2 is 1.93 bits per heavy atom. The Kier molecular flexibility index (Phi) is 7.51. The Morgan fingerprint density at radius 1 is 1.17 bits per heavy atom. The van der Waals surface area contributed by atoms with Crippen molar-refractivity contribution in [2.45, 2.75) is 52.1 Å². The van der Waals surface area contributed by atoms with Gasteiger partial charge in [0.25, 0.3) is 5.91 Å². The second kappa shape index (κ2) is 10.1. The summed E-state index contributed by atoms with van der Waals surface area (Å²) in [6, 6.07) is 8.83. The molecule has 0 fully saturated rings. The van der Waals surface area contributed by atoms with Gasteiger partial charge in [0.2, 0.25) is 0 Å². The molecule has 1 heterocycles. The van der Waals surface area contributed by atoms with E-state index < -0.39 is 5.82 Å². The molecule has 3 rings (SSSR count). The second-order valence-electron chi connectivity index (χ2n) is 7.46. The first-order valence-electron chi connectivity index (χ1n) is 10.4. The standard InChI is InChI=1S/C23H29ClFN3O/c1-3-17(4-2)28-23(29)19-7-5-15(13-21(19)25)14-27-22-18-10-12-26-11-9-16(18)6-8-20(22)24/h5-8,13,17,26-27H,3-4,9-12,14H2,1-2H3,(H,28,29). The number of hydrogen-bond donors (Lipinski definition) is 3. The van der Waals surface area contributed by atoms with Crippen LogP contribution in [0.15, 0.2) is 30.3 Å². The van der Waals surface area contributed by atoms with Crippen LogP contribution in [0, 0.1) is 5.82 Å². The minimum atomic E-state index is -0.505. The smallest absolute Gasteiger partial charge is 0.254 e. The maximum atomic E-state index is 14.6. The van der Waals surface area contributed by atoms with Gasteiger partial charge in [-0.1, -0.05) is 37.6 Å². The molecule has 0 saturated carbocycles. The van der Waals surface area contributed by atoms with Crippen LogP contribution in [0.4, 0.5) is 10.1 Å². The molecule has 156 valence electrons. The molecule has 0 aliphatic carbocycles. The molecule has 0 saturated heterocycles. The third-order valence-electron chi connectivity index (χ3n) is 5.55. The summed E-state index contributed by atoms with van der Waals surface area (Å²) in [5.41, 5.74) is 4.29. The number of anilines is 1. The van der Waals surface area contributed by atoms with E-state index in [2.05, 4.69) is 22.0 Å². The molecule has 6 heteroatoms. The van der Waals surface area contributed by atoms with Gasteiger partial charge in [-0.05, 0) is 73.7 Å². The number of nitrogens with one attached hydrogen (secondary N) is 3. The van der Waals surface area contributed by atoms with Crippen LogP contribution in [0.1, 0.15) is 53.7 Å². The molecule has 1 aliphatic rings. The quantitative estimate of drug-likeness (QED) is 0.612. The topological polar surface area (TPSA) is 53.2 Å². The summed E-state index contributed by atoms with van der Waals surface area (Å²) >= 11 is 6.44. The van der Waals surface area contributed by atoms with Crippen molar-refractivity contribution in [3.63, 3.8) is 0 Å². The van der Waals surface area contributed by atoms with E-state index in [9.17, 15) is 9.18 Å². The molecule has 29 heavy (non-hydrogen) atoms. The minimum absolute atomic E-state index is 0.0632. The number of fused-ring (bicyclic) bond motifs is 1. The molecule has 2 aromatic rings. The van der Waals surface area contributed by atoms with Crippen LogP contribution >= 0.6 is 11.6 Å². The molecule has 3 N–H and O–H groups in total. The van der Waals surface area contributed by atoms with Crippen LogP contribution in [0.2, 0.25) is 5.02 Å². The van der Waals surface area contributed by atoms with Crippen LogP contribution in [0.5, 0.6) is 0 Å². The Morgan fingerprint density at radius 3 is 2.66 bits per heavy atom. The van der Waals surface area contributed by atoms with Crippen molar-refractivity contribution in [3.05, 3.63) is 63.4 Å². The SMILES string of the molecule is CCC(CC)NC(=O)c1ccc(CNc2c(Cl)ccc3c2CCNCC3)cc1F. The highest BCUT2D eigenvalue weighted by Crippen LogP contribution is 2.31. The fourth-order valence-electron chi connectivity index (χ4n) is 3.73. The average molecular weight is 418 g/mol. The lowest BCUT2D eigenvalue weighted by Gasteiger charge is -2.17. The van der Waals surface area contributed by atoms with Crippen LogP contribution in [0.25, 0.3) is 0 Å². The van der Waals surface area contributed by atoms with E-state index >= 15 is 0 Å². The fraction of sp³-hybridized carbons (Fsp3) is 0.435. The van der Waals surface area contributed by atoms with E-state index in [1.165, 1.54) is 17.2 Å². The molecule has 0 radical (unpaired) electrons. The van der Waals surface area contributed by atoms with Crippen molar-refractivity contribution in [2.24, 2.45) is 0 Å². The van der Waals surface area contributed by atoms with E-state index in [1.54, 1.807) is 12.1 Å². The summed E-state index contributed by atoms with van der Waals surface area (Å²) in [5.74, 6) is -0.866. The summed E-state index contributed by atoms with van der Waals surface area (Å²) in [4.78, 5) is 12.3. The minimum Gasteiger partial charge on any atom is -0.380 e. The lowest BCUT2D eigenvalue weighted by Crippen LogP contribution is -2.34. The van der Waals surface area contributed by atoms with Crippen molar-refractivity contribution < 1.29 is 9.18 Å². The third kappa shape index (κ3) is 5.28. The van der Waals surface area contributed by atoms with E-state index in [4.69, 9.17) is 11.6 Å². The lowest BCUT2D eigenvalue weighted by molar-refractivity contribution is 0.0930. The Hall–Kier alpha value is -2.11. The predicted octanol–water partition coefficient (Wildman–Crippen LogP) is 4.70. The number of rotatable bonds is 7. The molecular weight excluding hydrogens is 389 g/mol. The van der Waals surface area contributed by atoms with Crippen molar-refractivity contribution in [1.82, 2.24) is 10.6 Å². The predicted molar refractivity (Wildman–Crippen MR) is 117 cm³/mol. The van der Waals surface area contributed by atoms with Gasteiger partial charge >= 0.3 is 0 Å². The maximum absolute atomic E-state index is 14.6. The largest absolute Gasteiger partial charge is 0.380 e. The van der Waals surface area contributed by atoms with E-state index in [1.807, 2.05) is 19.9 Å². The molecule has 1 amide bonds. The first-order chi connectivity index (χ1) is 14.0. The summed E-state index contributed by atoms with van der Waals surface area (Å²) in [7, 11) is 0. The molecule has 0 unspecified atom stereocenters. The third-order valence-corrected chi connectivity index (χ3v) is 5.87. The van der Waals surface area contributed by atoms with Gasteiger partial charge in [-0.2, -0.15) is 0 Å². The lowest BCUT2D eigenvalue weighted by atomic mass is 10.0. The first kappa shape index (κ1) is 21.6. The zero-order valence-electron chi connectivity index (χ0n) is 17.1. The number of carbonyl (C=O) groups excluding carboxylic acids is 1. The van der Waals surface area contributed by atoms with Crippen molar-refractivity contribution in [1.29, 1.82) is 0 Å². The highest BCUT2D eigenvalue weighted by molar-refractivity contribution is 6.33. The molecule has 1 aliphatic heterocycles. The first-order valence-corrected chi connectivity index (χ1v) is 10.7. The van der Waals surface area contributed by atoms with Crippen LogP contribution in [0.3, 0.4) is 0 Å². The van der Waals surface area contributed by atoms with Crippen molar-refractivity contribution >= 4 is 23.2 Å². The number of carbonyl (C=O) groups is 1. The summed E-state index contributed by atoms with van der Waals surface area (Å²) in [6.45, 7) is 6.32. The Bertz CT molecular complexity index is 867. The van der Waals surface area contributed by atoms with Gasteiger partial charge in [-0.3, -0.25) is 4.79 Å². The molecule has 0 atom stereocenters. The van der Waals surface area contributed by atoms with Crippen molar-refractivity contribution in [3.8, 4) is 0 Å². The molecule has 2 aromatic carbocycles. The fourth-order valence-corrected chi connectivity index (χ4v) is 3.98. The monoisotopic (exact) mass is 417 g/mol. The summed E-state index contributed by atoms with van der Waals surface area (Å²) < 4.78 is 14.6. The van der Waals surface area contributed by atoms with Gasteiger partial charge in [0.15, 0.2) is 0 Å². The average Bonchev–Trinajstić information content (AvgIpc) is 2.96. The highest BCUT2D eigenvalue weighted by atomic mass is 35.5. The van der Waals surface area contributed by atoms with Crippen LogP contribution < -0.4 is 16.0 Å². The van der Waals surface area contributed by atoms with E-state index in [0.717, 1.165) is 50.0 Å². The van der Waals surface area contributed by atoms with E-state index in [0.29, 0.717) is 11.6 Å². The summed E-state index contributed by atoms with van der Waals surface area (Å²) in [6.07, 6.45) is 3.52. The molecular formula is C23H29ClFN3O. The summed E-state index contributed by atoms with van der Waals surface area (Å²) in [5, 5.41) is 10.3. The van der Waals surface area contributed by atoms with Crippen molar-refractivity contribution in [2.75, 3.05) is 18.4 Å². The number of benzene rings is 2. The maximum Gasteiger partial charge on any atom is 0.254 e. The Balaban J connectivity index is 1.72. The number of halogens is 2. The van der Waals surface area contributed by atoms with Gasteiger partial charge in [0, 0.05) is 12.6 Å². The second-order valence-corrected chi connectivity index (χ2v) is 7.87.